The van der Waals surface area contributed by atoms with Gasteiger partial charge in [0.25, 0.3) is 0 Å². The van der Waals surface area contributed by atoms with Crippen LogP contribution in [-0.2, 0) is 41.6 Å². The number of aliphatic hydroxyl groups excluding tert-OH is 1. The standard InChI is InChI=1S/C40H60N6O8/c1-23(2)18-30(44-40(53)36(25(5)6)46-39(52)33(42-26(7)47)21-28-14-16-29(54-8)17-15-28)34(48)22-35(49)43-32(19-24(3)4)38(51)45-31(37(41)50)20-27-12-10-9-11-13-27/h9-17,23-25,30-34,36,48H,18-22H2,1-8H3,(H2,41,50)(H,42,47)(H,43,49)(H,44,53)(H,45,51)(H,46,52)/t30-,31-,32-,33-,34-,36-/m0/s1. The predicted octanol–water partition coefficient (Wildman–Crippen LogP) is 1.91. The molecule has 0 spiro atoms. The molecule has 14 heteroatoms. The molecule has 14 nitrogen and oxygen atoms in total. The van der Waals surface area contributed by atoms with Gasteiger partial charge in [-0.15, -0.1) is 0 Å². The average Bonchev–Trinajstić information content (AvgIpc) is 3.09. The Morgan fingerprint density at radius 1 is 0.667 bits per heavy atom. The van der Waals surface area contributed by atoms with Gasteiger partial charge in [-0.25, -0.2) is 0 Å². The van der Waals surface area contributed by atoms with Crippen LogP contribution in [0.15, 0.2) is 54.6 Å². The fourth-order valence-corrected chi connectivity index (χ4v) is 5.97. The van der Waals surface area contributed by atoms with Crippen molar-refractivity contribution >= 4 is 35.4 Å². The lowest BCUT2D eigenvalue weighted by Crippen LogP contribution is -2.58. The molecule has 8 N–H and O–H groups in total. The Hall–Kier alpha value is -4.98. The van der Waals surface area contributed by atoms with Crippen molar-refractivity contribution in [3.63, 3.8) is 0 Å². The Morgan fingerprint density at radius 2 is 1.22 bits per heavy atom. The van der Waals surface area contributed by atoms with E-state index in [0.717, 1.165) is 11.1 Å². The van der Waals surface area contributed by atoms with Gasteiger partial charge in [0.05, 0.1) is 25.7 Å². The lowest BCUT2D eigenvalue weighted by Gasteiger charge is -2.30. The second kappa shape index (κ2) is 22.3. The fraction of sp³-hybridized carbons (Fsp3) is 0.550. The molecule has 298 valence electrons. The fourth-order valence-electron chi connectivity index (χ4n) is 5.97. The van der Waals surface area contributed by atoms with Gasteiger partial charge in [0.15, 0.2) is 0 Å². The molecule has 0 heterocycles. The van der Waals surface area contributed by atoms with Crippen LogP contribution >= 0.6 is 0 Å². The molecular formula is C40H60N6O8. The number of hydrogen-bond acceptors (Lipinski definition) is 8. The molecular weight excluding hydrogens is 692 g/mol. The third-order valence-electron chi connectivity index (χ3n) is 8.75. The van der Waals surface area contributed by atoms with E-state index >= 15 is 0 Å². The topological polar surface area (TPSA) is 218 Å². The van der Waals surface area contributed by atoms with Gasteiger partial charge < -0.3 is 42.2 Å². The van der Waals surface area contributed by atoms with Crippen LogP contribution < -0.4 is 37.1 Å². The third-order valence-corrected chi connectivity index (χ3v) is 8.75. The molecule has 0 saturated heterocycles. The Kier molecular flexibility index (Phi) is 18.6. The van der Waals surface area contributed by atoms with Crippen LogP contribution in [-0.4, -0.2) is 84.0 Å². The zero-order chi connectivity index (χ0) is 40.5. The molecule has 54 heavy (non-hydrogen) atoms. The summed E-state index contributed by atoms with van der Waals surface area (Å²) in [6.45, 7) is 12.4. The Labute approximate surface area is 319 Å². The Balaban J connectivity index is 2.16. The van der Waals surface area contributed by atoms with E-state index in [0.29, 0.717) is 12.2 Å². The van der Waals surface area contributed by atoms with Crippen LogP contribution in [0.4, 0.5) is 0 Å². The molecule has 0 fully saturated rings. The smallest absolute Gasteiger partial charge is 0.243 e. The van der Waals surface area contributed by atoms with Crippen LogP contribution in [0, 0.1) is 17.8 Å². The van der Waals surface area contributed by atoms with Gasteiger partial charge in [0.2, 0.25) is 35.4 Å². The van der Waals surface area contributed by atoms with Crippen LogP contribution in [0.25, 0.3) is 0 Å². The van der Waals surface area contributed by atoms with Gasteiger partial charge in [-0.05, 0) is 53.9 Å². The summed E-state index contributed by atoms with van der Waals surface area (Å²) in [5, 5.41) is 24.9. The van der Waals surface area contributed by atoms with E-state index in [9.17, 15) is 33.9 Å². The van der Waals surface area contributed by atoms with Crippen LogP contribution in [0.2, 0.25) is 0 Å². The minimum absolute atomic E-state index is 0.00330. The quantitative estimate of drug-likeness (QED) is 0.0941. The number of benzene rings is 2. The van der Waals surface area contributed by atoms with E-state index in [-0.39, 0.29) is 37.0 Å². The van der Waals surface area contributed by atoms with Crippen molar-refractivity contribution in [1.29, 1.82) is 0 Å². The SMILES string of the molecule is COc1ccc(C[C@H](NC(C)=O)C(=O)N[C@H](C(=O)N[C@@H](CC(C)C)[C@@H](O)CC(=O)N[C@@H](CC(C)C)C(=O)N[C@@H](Cc2ccccc2)C(N)=O)C(C)C)cc1. The molecule has 0 aromatic heterocycles. The number of aliphatic hydroxyl groups is 1. The van der Waals surface area contributed by atoms with Crippen molar-refractivity contribution in [2.45, 2.75) is 117 Å². The normalized spacial score (nSPS) is 14.6. The number of nitrogens with two attached hydrogens (primary N) is 1. The number of carbonyl (C=O) groups excluding carboxylic acids is 6. The summed E-state index contributed by atoms with van der Waals surface area (Å²) in [6, 6.07) is 11.2. The highest BCUT2D eigenvalue weighted by Gasteiger charge is 2.33. The number of nitrogens with one attached hydrogen (secondary N) is 5. The molecule has 2 rings (SSSR count). The van der Waals surface area contributed by atoms with Crippen LogP contribution in [0.5, 0.6) is 5.75 Å². The number of hydrogen-bond donors (Lipinski definition) is 7. The number of ether oxygens (including phenoxy) is 1. The lowest BCUT2D eigenvalue weighted by atomic mass is 9.95. The van der Waals surface area contributed by atoms with Gasteiger partial charge in [0, 0.05) is 19.8 Å². The van der Waals surface area contributed by atoms with E-state index in [4.69, 9.17) is 10.5 Å². The van der Waals surface area contributed by atoms with Crippen molar-refractivity contribution < 1.29 is 38.6 Å². The molecule has 2 aromatic rings. The first kappa shape index (κ1) is 45.2. The first-order valence-electron chi connectivity index (χ1n) is 18.5. The van der Waals surface area contributed by atoms with Crippen LogP contribution in [0.1, 0.15) is 78.9 Å². The van der Waals surface area contributed by atoms with Crippen molar-refractivity contribution in [2.75, 3.05) is 7.11 Å². The van der Waals surface area contributed by atoms with E-state index in [1.165, 1.54) is 6.92 Å². The number of primary amides is 1. The zero-order valence-corrected chi connectivity index (χ0v) is 32.8. The Bertz CT molecular complexity index is 1530. The highest BCUT2D eigenvalue weighted by molar-refractivity contribution is 5.93. The van der Waals surface area contributed by atoms with E-state index in [2.05, 4.69) is 26.6 Å². The maximum Gasteiger partial charge on any atom is 0.243 e. The summed E-state index contributed by atoms with van der Waals surface area (Å²) in [6.07, 6.45) is -0.883. The molecule has 6 atom stereocenters. The van der Waals surface area contributed by atoms with Crippen molar-refractivity contribution in [3.8, 4) is 5.75 Å². The van der Waals surface area contributed by atoms with Crippen LogP contribution in [0.3, 0.4) is 0 Å². The maximum atomic E-state index is 13.7. The zero-order valence-electron chi connectivity index (χ0n) is 32.8. The highest BCUT2D eigenvalue weighted by Crippen LogP contribution is 2.16. The highest BCUT2D eigenvalue weighted by atomic mass is 16.5. The number of carbonyl (C=O) groups is 6. The van der Waals surface area contributed by atoms with Gasteiger partial charge in [0.1, 0.15) is 29.9 Å². The molecule has 0 aliphatic heterocycles. The second-order valence-electron chi connectivity index (χ2n) is 15.0. The minimum atomic E-state index is -1.35. The molecule has 6 amide bonds. The average molecular weight is 753 g/mol. The van der Waals surface area contributed by atoms with Gasteiger partial charge in [-0.1, -0.05) is 84.0 Å². The van der Waals surface area contributed by atoms with Gasteiger partial charge in [-0.2, -0.15) is 0 Å². The molecule has 2 aromatic carbocycles. The first-order chi connectivity index (χ1) is 25.4. The van der Waals surface area contributed by atoms with E-state index < -0.39 is 78.2 Å². The molecule has 0 aliphatic rings. The number of methoxy groups -OCH3 is 1. The first-order valence-corrected chi connectivity index (χ1v) is 18.5. The van der Waals surface area contributed by atoms with Gasteiger partial charge >= 0.3 is 0 Å². The third kappa shape index (κ3) is 15.9. The molecule has 0 aliphatic carbocycles. The summed E-state index contributed by atoms with van der Waals surface area (Å²) in [4.78, 5) is 78.2. The molecule has 0 unspecified atom stereocenters. The maximum absolute atomic E-state index is 13.7. The van der Waals surface area contributed by atoms with Gasteiger partial charge in [-0.3, -0.25) is 28.8 Å². The largest absolute Gasteiger partial charge is 0.497 e. The minimum Gasteiger partial charge on any atom is -0.497 e. The summed E-state index contributed by atoms with van der Waals surface area (Å²) < 4.78 is 5.20. The van der Waals surface area contributed by atoms with Crippen molar-refractivity contribution in [3.05, 3.63) is 65.7 Å². The van der Waals surface area contributed by atoms with E-state index in [1.54, 1.807) is 45.2 Å². The monoisotopic (exact) mass is 752 g/mol. The summed E-state index contributed by atoms with van der Waals surface area (Å²) in [5.74, 6) is -3.23. The summed E-state index contributed by atoms with van der Waals surface area (Å²) in [5.41, 5.74) is 7.17. The lowest BCUT2D eigenvalue weighted by molar-refractivity contribution is -0.134. The Morgan fingerprint density at radius 3 is 1.74 bits per heavy atom. The molecule has 0 radical (unpaired) electrons. The summed E-state index contributed by atoms with van der Waals surface area (Å²) in [7, 11) is 1.54. The van der Waals surface area contributed by atoms with Crippen molar-refractivity contribution in [1.82, 2.24) is 26.6 Å². The van der Waals surface area contributed by atoms with Crippen molar-refractivity contribution in [2.24, 2.45) is 23.5 Å². The predicted molar refractivity (Wildman–Crippen MR) is 206 cm³/mol. The number of rotatable bonds is 22. The molecule has 0 saturated carbocycles. The second-order valence-corrected chi connectivity index (χ2v) is 15.0. The summed E-state index contributed by atoms with van der Waals surface area (Å²) >= 11 is 0. The van der Waals surface area contributed by atoms with E-state index in [1.807, 2.05) is 58.0 Å². The molecule has 0 bridgehead atoms. The number of amides is 6.